The molecule has 1 fully saturated rings. The van der Waals surface area contributed by atoms with E-state index >= 15 is 0 Å². The van der Waals surface area contributed by atoms with Gasteiger partial charge in [0.1, 0.15) is 0 Å². The van der Waals surface area contributed by atoms with Crippen molar-refractivity contribution in [1.29, 1.82) is 0 Å². The Morgan fingerprint density at radius 1 is 1.55 bits per heavy atom. The zero-order valence-electron chi connectivity index (χ0n) is 5.89. The van der Waals surface area contributed by atoms with Crippen molar-refractivity contribution in [3.8, 4) is 0 Å². The topological polar surface area (TPSA) is 85.2 Å². The smallest absolute Gasteiger partial charge is 0.316 e. The van der Waals surface area contributed by atoms with E-state index in [9.17, 15) is 4.57 Å². The van der Waals surface area contributed by atoms with Gasteiger partial charge in [0.15, 0.2) is 0 Å². The first-order valence-corrected chi connectivity index (χ1v) is 4.84. The third-order valence-electron chi connectivity index (χ3n) is 1.45. The Labute approximate surface area is 63.0 Å². The molecule has 1 heterocycles. The van der Waals surface area contributed by atoms with Gasteiger partial charge in [-0.3, -0.25) is 4.57 Å². The highest BCUT2D eigenvalue weighted by Gasteiger charge is 2.73. The van der Waals surface area contributed by atoms with Crippen molar-refractivity contribution in [2.24, 2.45) is 0 Å². The van der Waals surface area contributed by atoms with Crippen LogP contribution in [0, 0.1) is 0 Å². The van der Waals surface area contributed by atoms with Crippen LogP contribution in [0.25, 0.3) is 0 Å². The van der Waals surface area contributed by atoms with Crippen LogP contribution in [0.4, 0.5) is 0 Å². The van der Waals surface area contributed by atoms with Gasteiger partial charge in [-0.1, -0.05) is 0 Å². The Hall–Kier alpha value is 0.0300. The van der Waals surface area contributed by atoms with Crippen LogP contribution < -0.4 is 0 Å². The summed E-state index contributed by atoms with van der Waals surface area (Å²) in [6, 6.07) is 0. The minimum absolute atomic E-state index is 0.124. The quantitative estimate of drug-likeness (QED) is 0.293. The summed E-state index contributed by atoms with van der Waals surface area (Å²) < 4.78 is 16.0. The van der Waals surface area contributed by atoms with Crippen LogP contribution in [-0.4, -0.2) is 28.8 Å². The van der Waals surface area contributed by atoms with Crippen LogP contribution in [-0.2, 0) is 18.9 Å². The van der Waals surface area contributed by atoms with E-state index in [0.717, 1.165) is 0 Å². The van der Waals surface area contributed by atoms with E-state index in [-0.39, 0.29) is 12.8 Å². The monoisotopic (exact) mass is 184 g/mol. The van der Waals surface area contributed by atoms with E-state index in [1.54, 1.807) is 6.92 Å². The summed E-state index contributed by atoms with van der Waals surface area (Å²) in [6.07, 6.45) is -0.124. The number of rotatable bonds is 4. The fraction of sp³-hybridized carbons (Fsp3) is 1.00. The van der Waals surface area contributed by atoms with Crippen LogP contribution in [0.2, 0.25) is 0 Å². The average Bonchev–Trinajstić information content (AvgIpc) is 2.58. The van der Waals surface area contributed by atoms with E-state index in [1.807, 2.05) is 0 Å². The van der Waals surface area contributed by atoms with E-state index in [2.05, 4.69) is 9.78 Å². The molecule has 0 saturated carbocycles. The van der Waals surface area contributed by atoms with Crippen LogP contribution >= 0.6 is 7.37 Å². The predicted molar refractivity (Wildman–Crippen MR) is 34.3 cm³/mol. The molecule has 1 aliphatic rings. The molecule has 1 saturated heterocycles. The standard InChI is InChI=1S/C4H9O6P/c1-2-8-11(7)3-4(11,9-5)10-6/h5-6H,2-3H2,1H3. The molecule has 1 rings (SSSR count). The maximum atomic E-state index is 11.2. The fourth-order valence-electron chi connectivity index (χ4n) is 0.779. The van der Waals surface area contributed by atoms with Gasteiger partial charge in [-0.05, 0) is 6.92 Å². The van der Waals surface area contributed by atoms with E-state index in [1.165, 1.54) is 0 Å². The Morgan fingerprint density at radius 2 is 2.09 bits per heavy atom. The molecule has 1 unspecified atom stereocenters. The Morgan fingerprint density at radius 3 is 2.36 bits per heavy atom. The average molecular weight is 184 g/mol. The minimum Gasteiger partial charge on any atom is -0.325 e. The molecule has 0 bridgehead atoms. The lowest BCUT2D eigenvalue weighted by Gasteiger charge is -2.06. The summed E-state index contributed by atoms with van der Waals surface area (Å²) in [5, 5.41) is 16.4. The molecule has 0 aromatic heterocycles. The van der Waals surface area contributed by atoms with Gasteiger partial charge < -0.3 is 4.52 Å². The van der Waals surface area contributed by atoms with Crippen molar-refractivity contribution in [3.63, 3.8) is 0 Å². The third-order valence-corrected chi connectivity index (χ3v) is 3.93. The lowest BCUT2D eigenvalue weighted by molar-refractivity contribution is -0.432. The first kappa shape index (κ1) is 9.12. The molecule has 0 aliphatic carbocycles. The van der Waals surface area contributed by atoms with Crippen molar-refractivity contribution < 1.29 is 29.4 Å². The molecular formula is C4H9O6P. The number of hydrogen-bond acceptors (Lipinski definition) is 6. The lowest BCUT2D eigenvalue weighted by atomic mass is 10.8. The van der Waals surface area contributed by atoms with Crippen molar-refractivity contribution in [2.45, 2.75) is 12.5 Å². The molecule has 6 nitrogen and oxygen atoms in total. The lowest BCUT2D eigenvalue weighted by Crippen LogP contribution is -2.16. The van der Waals surface area contributed by atoms with Gasteiger partial charge in [0, 0.05) is 0 Å². The summed E-state index contributed by atoms with van der Waals surface area (Å²) in [7, 11) is -3.10. The highest BCUT2D eigenvalue weighted by Crippen LogP contribution is 2.76. The van der Waals surface area contributed by atoms with Crippen LogP contribution in [0.1, 0.15) is 6.92 Å². The largest absolute Gasteiger partial charge is 0.325 e. The third kappa shape index (κ3) is 1.22. The minimum atomic E-state index is -3.10. The van der Waals surface area contributed by atoms with Gasteiger partial charge in [-0.25, -0.2) is 10.5 Å². The second-order valence-electron chi connectivity index (χ2n) is 2.14. The highest BCUT2D eigenvalue weighted by molar-refractivity contribution is 7.68. The van der Waals surface area contributed by atoms with Gasteiger partial charge in [0.05, 0.1) is 12.8 Å². The van der Waals surface area contributed by atoms with Gasteiger partial charge in [-0.15, -0.1) is 0 Å². The Balaban J connectivity index is 2.61. The van der Waals surface area contributed by atoms with Gasteiger partial charge >= 0.3 is 5.53 Å². The van der Waals surface area contributed by atoms with Gasteiger partial charge in [0.25, 0.3) is 7.37 Å². The molecule has 1 atom stereocenters. The molecule has 0 aromatic rings. The number of hydrogen-bond donors (Lipinski definition) is 2. The summed E-state index contributed by atoms with van der Waals surface area (Å²) in [6.45, 7) is 1.85. The first-order valence-electron chi connectivity index (χ1n) is 3.03. The molecule has 2 N–H and O–H groups in total. The van der Waals surface area contributed by atoms with E-state index in [4.69, 9.17) is 15.0 Å². The summed E-state index contributed by atoms with van der Waals surface area (Å²) >= 11 is 0. The van der Waals surface area contributed by atoms with Crippen molar-refractivity contribution >= 4 is 7.37 Å². The summed E-state index contributed by atoms with van der Waals surface area (Å²) in [5.74, 6) is 0. The molecule has 1 aliphatic heterocycles. The van der Waals surface area contributed by atoms with Crippen molar-refractivity contribution in [2.75, 3.05) is 12.8 Å². The molecular weight excluding hydrogens is 175 g/mol. The molecule has 0 spiro atoms. The van der Waals surface area contributed by atoms with Crippen molar-refractivity contribution in [1.82, 2.24) is 0 Å². The predicted octanol–water partition coefficient (Wildman–Crippen LogP) is 0.948. The summed E-state index contributed by atoms with van der Waals surface area (Å²) in [5.41, 5.74) is -1.82. The van der Waals surface area contributed by atoms with E-state index in [0.29, 0.717) is 0 Å². The van der Waals surface area contributed by atoms with Crippen LogP contribution in [0.15, 0.2) is 0 Å². The molecule has 0 amide bonds. The van der Waals surface area contributed by atoms with Crippen LogP contribution in [0.3, 0.4) is 0 Å². The Kier molecular flexibility index (Phi) is 2.34. The molecule has 66 valence electrons. The summed E-state index contributed by atoms with van der Waals surface area (Å²) in [4.78, 5) is 7.41. The Bertz CT molecular complexity index is 187. The maximum absolute atomic E-state index is 11.2. The zero-order valence-corrected chi connectivity index (χ0v) is 6.78. The first-order chi connectivity index (χ1) is 5.14. The fourth-order valence-corrected chi connectivity index (χ4v) is 2.65. The molecule has 0 aromatic carbocycles. The highest BCUT2D eigenvalue weighted by atomic mass is 31.2. The van der Waals surface area contributed by atoms with E-state index < -0.39 is 12.9 Å². The zero-order chi connectivity index (χ0) is 8.54. The maximum Gasteiger partial charge on any atom is 0.316 e. The SMILES string of the molecule is CCOP1(=O)CC1(OO)OO. The second-order valence-corrected chi connectivity index (χ2v) is 4.75. The van der Waals surface area contributed by atoms with Crippen molar-refractivity contribution in [3.05, 3.63) is 0 Å². The molecule has 11 heavy (non-hydrogen) atoms. The van der Waals surface area contributed by atoms with Gasteiger partial charge in [-0.2, -0.15) is 9.78 Å². The molecule has 0 radical (unpaired) electrons. The van der Waals surface area contributed by atoms with Gasteiger partial charge in [0.2, 0.25) is 0 Å². The van der Waals surface area contributed by atoms with Crippen LogP contribution in [0.5, 0.6) is 0 Å². The molecule has 7 heteroatoms. The normalized spacial score (nSPS) is 33.7. The second kappa shape index (κ2) is 2.82.